The van der Waals surface area contributed by atoms with E-state index in [9.17, 15) is 23.1 Å². The summed E-state index contributed by atoms with van der Waals surface area (Å²) in [6, 6.07) is 5.71. The van der Waals surface area contributed by atoms with Gasteiger partial charge in [-0.1, -0.05) is 12.1 Å². The molecular formula is C17H19F3O4. The van der Waals surface area contributed by atoms with Crippen LogP contribution in [0.4, 0.5) is 13.2 Å². The molecular weight excluding hydrogens is 325 g/mol. The molecule has 0 heterocycles. The molecule has 0 spiro atoms. The Morgan fingerprint density at radius 2 is 1.58 bits per heavy atom. The summed E-state index contributed by atoms with van der Waals surface area (Å²) in [6.07, 6.45) is -0.787. The molecule has 3 aliphatic carbocycles. The Bertz CT molecular complexity index is 602. The normalized spacial score (nSPS) is 29.3. The van der Waals surface area contributed by atoms with Gasteiger partial charge in [0.25, 0.3) is 0 Å². The highest BCUT2D eigenvalue weighted by molar-refractivity contribution is 5.75. The van der Waals surface area contributed by atoms with Gasteiger partial charge >= 0.3 is 12.3 Å². The number of ether oxygens (including phenoxy) is 2. The molecule has 1 aromatic carbocycles. The van der Waals surface area contributed by atoms with Crippen molar-refractivity contribution in [2.75, 3.05) is 6.61 Å². The van der Waals surface area contributed by atoms with Gasteiger partial charge in [0.05, 0.1) is 12.0 Å². The van der Waals surface area contributed by atoms with Gasteiger partial charge in [0.1, 0.15) is 0 Å². The first-order chi connectivity index (χ1) is 11.2. The second-order valence-electron chi connectivity index (χ2n) is 6.87. The average Bonchev–Trinajstić information content (AvgIpc) is 2.54. The molecule has 0 aromatic heterocycles. The predicted molar refractivity (Wildman–Crippen MR) is 78.8 cm³/mol. The number of para-hydroxylation sites is 2. The first kappa shape index (κ1) is 16.9. The zero-order valence-corrected chi connectivity index (χ0v) is 13.1. The Balaban J connectivity index is 1.66. The van der Waals surface area contributed by atoms with Gasteiger partial charge in [-0.05, 0) is 50.7 Å². The van der Waals surface area contributed by atoms with Crippen LogP contribution in [-0.4, -0.2) is 24.0 Å². The number of alkyl halides is 3. The Kier molecular flexibility index (Phi) is 4.13. The fourth-order valence-corrected chi connectivity index (χ4v) is 3.81. The minimum absolute atomic E-state index is 0.0600. The predicted octanol–water partition coefficient (Wildman–Crippen LogP) is 4.39. The Hall–Kier alpha value is -1.92. The molecule has 24 heavy (non-hydrogen) atoms. The number of hydrogen-bond acceptors (Lipinski definition) is 3. The van der Waals surface area contributed by atoms with E-state index in [0.717, 1.165) is 19.3 Å². The lowest BCUT2D eigenvalue weighted by atomic mass is 9.54. The van der Waals surface area contributed by atoms with Gasteiger partial charge in [-0.2, -0.15) is 0 Å². The first-order valence-electron chi connectivity index (χ1n) is 7.95. The maximum absolute atomic E-state index is 12.4. The molecule has 4 rings (SSSR count). The molecule has 3 fully saturated rings. The molecule has 132 valence electrons. The fourth-order valence-electron chi connectivity index (χ4n) is 3.81. The van der Waals surface area contributed by atoms with Gasteiger partial charge in [-0.15, -0.1) is 13.2 Å². The number of carboxylic acids is 1. The maximum atomic E-state index is 12.4. The van der Waals surface area contributed by atoms with Crippen molar-refractivity contribution in [1.29, 1.82) is 0 Å². The molecule has 4 nitrogen and oxygen atoms in total. The summed E-state index contributed by atoms with van der Waals surface area (Å²) >= 11 is 0. The number of carboxylic acid groups (broad SMARTS) is 1. The molecule has 0 unspecified atom stereocenters. The number of hydrogen-bond donors (Lipinski definition) is 1. The number of carbonyl (C=O) groups is 1. The summed E-state index contributed by atoms with van der Waals surface area (Å²) in [5.74, 6) is -1.03. The average molecular weight is 344 g/mol. The topological polar surface area (TPSA) is 55.8 Å². The van der Waals surface area contributed by atoms with E-state index in [1.165, 1.54) is 18.2 Å². The van der Waals surface area contributed by atoms with Crippen LogP contribution in [0.5, 0.6) is 11.5 Å². The van der Waals surface area contributed by atoms with Gasteiger partial charge in [-0.25, -0.2) is 0 Å². The van der Waals surface area contributed by atoms with Crippen molar-refractivity contribution >= 4 is 5.97 Å². The van der Waals surface area contributed by atoms with Gasteiger partial charge in [0, 0.05) is 5.41 Å². The number of rotatable bonds is 5. The van der Waals surface area contributed by atoms with Crippen LogP contribution in [0.15, 0.2) is 24.3 Å². The summed E-state index contributed by atoms with van der Waals surface area (Å²) in [7, 11) is 0. The van der Waals surface area contributed by atoms with Crippen molar-refractivity contribution in [2.24, 2.45) is 10.8 Å². The minimum atomic E-state index is -4.77. The van der Waals surface area contributed by atoms with Crippen LogP contribution in [0.1, 0.15) is 38.5 Å². The molecule has 0 atom stereocenters. The molecule has 3 saturated carbocycles. The van der Waals surface area contributed by atoms with Gasteiger partial charge in [0.15, 0.2) is 11.5 Å². The fraction of sp³-hybridized carbons (Fsp3) is 0.588. The molecule has 0 radical (unpaired) electrons. The smallest absolute Gasteiger partial charge is 0.489 e. The second-order valence-corrected chi connectivity index (χ2v) is 6.87. The zero-order chi connectivity index (χ0) is 17.4. The van der Waals surface area contributed by atoms with Crippen molar-refractivity contribution < 1.29 is 32.5 Å². The highest BCUT2D eigenvalue weighted by atomic mass is 19.4. The SMILES string of the molecule is O=C(O)C12CCC(COc3ccccc3OC(F)(F)F)(CC1)CC2. The first-order valence-corrected chi connectivity index (χ1v) is 7.95. The molecule has 0 aliphatic heterocycles. The van der Waals surface area contributed by atoms with E-state index in [4.69, 9.17) is 4.74 Å². The lowest BCUT2D eigenvalue weighted by molar-refractivity contribution is -0.275. The molecule has 1 aromatic rings. The zero-order valence-electron chi connectivity index (χ0n) is 13.1. The summed E-state index contributed by atoms with van der Waals surface area (Å²) < 4.78 is 47.0. The van der Waals surface area contributed by atoms with E-state index < -0.39 is 17.7 Å². The van der Waals surface area contributed by atoms with Crippen LogP contribution in [0, 0.1) is 10.8 Å². The van der Waals surface area contributed by atoms with Gasteiger partial charge in [0.2, 0.25) is 0 Å². The highest BCUT2D eigenvalue weighted by Crippen LogP contribution is 2.57. The second kappa shape index (κ2) is 5.86. The largest absolute Gasteiger partial charge is 0.573 e. The van der Waals surface area contributed by atoms with Crippen LogP contribution in [0.2, 0.25) is 0 Å². The van der Waals surface area contributed by atoms with E-state index in [2.05, 4.69) is 4.74 Å². The molecule has 3 aliphatic rings. The van der Waals surface area contributed by atoms with Crippen molar-refractivity contribution in [3.05, 3.63) is 24.3 Å². The van der Waals surface area contributed by atoms with E-state index in [1.807, 2.05) is 0 Å². The van der Waals surface area contributed by atoms with E-state index >= 15 is 0 Å². The third kappa shape index (κ3) is 3.30. The van der Waals surface area contributed by atoms with E-state index in [-0.39, 0.29) is 23.5 Å². The van der Waals surface area contributed by atoms with Crippen LogP contribution < -0.4 is 9.47 Å². The number of benzene rings is 1. The highest BCUT2D eigenvalue weighted by Gasteiger charge is 2.52. The van der Waals surface area contributed by atoms with Crippen molar-refractivity contribution in [2.45, 2.75) is 44.9 Å². The number of aliphatic carboxylic acids is 1. The lowest BCUT2D eigenvalue weighted by Gasteiger charge is -2.51. The Labute approximate surface area is 137 Å². The lowest BCUT2D eigenvalue weighted by Crippen LogP contribution is -2.48. The van der Waals surface area contributed by atoms with Crippen molar-refractivity contribution in [1.82, 2.24) is 0 Å². The molecule has 7 heteroatoms. The van der Waals surface area contributed by atoms with Crippen molar-refractivity contribution in [3.8, 4) is 11.5 Å². The van der Waals surface area contributed by atoms with Crippen LogP contribution in [0.3, 0.4) is 0 Å². The van der Waals surface area contributed by atoms with E-state index in [0.29, 0.717) is 19.3 Å². The van der Waals surface area contributed by atoms with Crippen molar-refractivity contribution in [3.63, 3.8) is 0 Å². The van der Waals surface area contributed by atoms with E-state index in [1.54, 1.807) is 6.07 Å². The molecule has 0 saturated heterocycles. The summed E-state index contributed by atoms with van der Waals surface area (Å²) in [6.45, 7) is 0.279. The third-order valence-corrected chi connectivity index (χ3v) is 5.46. The number of halogens is 3. The standard InChI is InChI=1S/C17H19F3O4/c18-17(19,20)24-13-4-2-1-3-12(13)23-11-15-5-8-16(9-6-15,10-7-15)14(21)22/h1-4H,5-11H2,(H,21,22). The van der Waals surface area contributed by atoms with Gasteiger partial charge < -0.3 is 14.6 Å². The summed E-state index contributed by atoms with van der Waals surface area (Å²) in [4.78, 5) is 11.4. The molecule has 2 bridgehead atoms. The van der Waals surface area contributed by atoms with Crippen LogP contribution in [-0.2, 0) is 4.79 Å². The minimum Gasteiger partial charge on any atom is -0.489 e. The Morgan fingerprint density at radius 3 is 2.08 bits per heavy atom. The third-order valence-electron chi connectivity index (χ3n) is 5.46. The Morgan fingerprint density at radius 1 is 1.04 bits per heavy atom. The molecule has 1 N–H and O–H groups in total. The maximum Gasteiger partial charge on any atom is 0.573 e. The van der Waals surface area contributed by atoms with Gasteiger partial charge in [-0.3, -0.25) is 4.79 Å². The summed E-state index contributed by atoms with van der Waals surface area (Å²) in [5, 5.41) is 9.40. The molecule has 0 amide bonds. The van der Waals surface area contributed by atoms with Crippen LogP contribution in [0.25, 0.3) is 0 Å². The number of fused-ring (bicyclic) bond motifs is 3. The monoisotopic (exact) mass is 344 g/mol. The van der Waals surface area contributed by atoms with Crippen LogP contribution >= 0.6 is 0 Å². The quantitative estimate of drug-likeness (QED) is 0.861. The summed E-state index contributed by atoms with van der Waals surface area (Å²) in [5.41, 5.74) is -0.762.